The summed E-state index contributed by atoms with van der Waals surface area (Å²) in [6.07, 6.45) is 4.88. The number of rotatable bonds is 7. The molecule has 0 radical (unpaired) electrons. The number of terminal acetylenes is 1. The highest BCUT2D eigenvalue weighted by molar-refractivity contribution is 6.74. The lowest BCUT2D eigenvalue weighted by Gasteiger charge is -2.39. The van der Waals surface area contributed by atoms with E-state index in [2.05, 4.69) is 39.8 Å². The van der Waals surface area contributed by atoms with Crippen LogP contribution in [0.5, 0.6) is 0 Å². The molecular weight excluding hydrogens is 328 g/mol. The second kappa shape index (κ2) is 7.98. The second-order valence-corrected chi connectivity index (χ2v) is 12.3. The fourth-order valence-corrected chi connectivity index (χ4v) is 3.14. The quantitative estimate of drug-likeness (QED) is 0.302. The first-order valence-corrected chi connectivity index (χ1v) is 11.0. The molecule has 0 spiro atoms. The van der Waals surface area contributed by atoms with E-state index in [-0.39, 0.29) is 18.4 Å². The standard InChI is InChI=1S/C17H30O6Si/c1-9-17(11-21-24(7,8)16(3,4)5)14(20-12-19-6)10-15(23-17)22-13(2)18/h1,14-15H,10-12H2,2-8H3/t14?,15?,17-/m1/s1. The van der Waals surface area contributed by atoms with Crippen molar-refractivity contribution in [2.45, 2.75) is 70.2 Å². The second-order valence-electron chi connectivity index (χ2n) is 7.54. The predicted molar refractivity (Wildman–Crippen MR) is 92.7 cm³/mol. The molecule has 24 heavy (non-hydrogen) atoms. The molecule has 7 heteroatoms. The molecule has 1 rings (SSSR count). The molecule has 0 bridgehead atoms. The highest BCUT2D eigenvalue weighted by Crippen LogP contribution is 2.40. The van der Waals surface area contributed by atoms with Gasteiger partial charge in [-0.25, -0.2) is 0 Å². The van der Waals surface area contributed by atoms with Crippen molar-refractivity contribution in [3.8, 4) is 12.3 Å². The number of carbonyl (C=O) groups is 1. The van der Waals surface area contributed by atoms with Crippen LogP contribution in [-0.2, 0) is 28.2 Å². The summed E-state index contributed by atoms with van der Waals surface area (Å²) in [6, 6.07) is 0. The van der Waals surface area contributed by atoms with Crippen LogP contribution in [0.15, 0.2) is 0 Å². The van der Waals surface area contributed by atoms with Gasteiger partial charge in [0.15, 0.2) is 13.9 Å². The van der Waals surface area contributed by atoms with Crippen molar-refractivity contribution in [1.82, 2.24) is 0 Å². The Hall–Kier alpha value is -0.913. The van der Waals surface area contributed by atoms with E-state index in [9.17, 15) is 4.79 Å². The molecule has 1 fully saturated rings. The molecule has 0 saturated carbocycles. The SMILES string of the molecule is C#C[C@]1(CO[Si](C)(C)C(C)(C)C)OC(OC(C)=O)CC1OCOC. The maximum Gasteiger partial charge on any atom is 0.304 e. The molecule has 1 heterocycles. The summed E-state index contributed by atoms with van der Waals surface area (Å²) in [6.45, 7) is 12.3. The van der Waals surface area contributed by atoms with Crippen LogP contribution in [0.1, 0.15) is 34.1 Å². The monoisotopic (exact) mass is 358 g/mol. The number of methoxy groups -OCH3 is 1. The molecule has 3 atom stereocenters. The smallest absolute Gasteiger partial charge is 0.304 e. The lowest BCUT2D eigenvalue weighted by atomic mass is 9.99. The fraction of sp³-hybridized carbons (Fsp3) is 0.824. The van der Waals surface area contributed by atoms with Gasteiger partial charge in [0.2, 0.25) is 6.29 Å². The van der Waals surface area contributed by atoms with E-state index >= 15 is 0 Å². The molecule has 0 aliphatic carbocycles. The van der Waals surface area contributed by atoms with Crippen LogP contribution < -0.4 is 0 Å². The minimum Gasteiger partial charge on any atom is -0.436 e. The summed E-state index contributed by atoms with van der Waals surface area (Å²) < 4.78 is 27.9. The summed E-state index contributed by atoms with van der Waals surface area (Å²) in [7, 11) is -0.490. The van der Waals surface area contributed by atoms with Gasteiger partial charge in [-0.3, -0.25) is 4.79 Å². The van der Waals surface area contributed by atoms with E-state index in [1.54, 1.807) is 0 Å². The first-order chi connectivity index (χ1) is 11.0. The van der Waals surface area contributed by atoms with E-state index in [1.807, 2.05) is 0 Å². The molecule has 0 amide bonds. The maximum atomic E-state index is 11.2. The Morgan fingerprint density at radius 3 is 2.50 bits per heavy atom. The zero-order valence-corrected chi connectivity index (χ0v) is 16.8. The molecule has 1 aliphatic rings. The van der Waals surface area contributed by atoms with Crippen molar-refractivity contribution in [2.24, 2.45) is 0 Å². The molecular formula is C17H30O6Si. The van der Waals surface area contributed by atoms with Gasteiger partial charge in [0.25, 0.3) is 0 Å². The van der Waals surface area contributed by atoms with E-state index in [0.29, 0.717) is 6.42 Å². The third-order valence-electron chi connectivity index (χ3n) is 4.65. The Morgan fingerprint density at radius 1 is 1.42 bits per heavy atom. The third-order valence-corrected chi connectivity index (χ3v) is 9.13. The van der Waals surface area contributed by atoms with Gasteiger partial charge in [0.1, 0.15) is 12.9 Å². The highest BCUT2D eigenvalue weighted by atomic mass is 28.4. The van der Waals surface area contributed by atoms with Crippen LogP contribution >= 0.6 is 0 Å². The van der Waals surface area contributed by atoms with Gasteiger partial charge in [0, 0.05) is 20.5 Å². The normalized spacial score (nSPS) is 27.8. The summed E-state index contributed by atoms with van der Waals surface area (Å²) in [5.41, 5.74) is -1.10. The van der Waals surface area contributed by atoms with E-state index in [4.69, 9.17) is 29.8 Å². The topological polar surface area (TPSA) is 63.2 Å². The van der Waals surface area contributed by atoms with Crippen molar-refractivity contribution >= 4 is 14.3 Å². The van der Waals surface area contributed by atoms with Crippen molar-refractivity contribution in [1.29, 1.82) is 0 Å². The van der Waals surface area contributed by atoms with E-state index in [0.717, 1.165) is 0 Å². The summed E-state index contributed by atoms with van der Waals surface area (Å²) in [4.78, 5) is 11.2. The highest BCUT2D eigenvalue weighted by Gasteiger charge is 2.52. The Labute approximate surface area is 146 Å². The minimum absolute atomic E-state index is 0.0412. The lowest BCUT2D eigenvalue weighted by molar-refractivity contribution is -0.187. The number of hydrogen-bond donors (Lipinski definition) is 0. The van der Waals surface area contributed by atoms with Gasteiger partial charge in [-0.05, 0) is 18.1 Å². The molecule has 0 aromatic carbocycles. The van der Waals surface area contributed by atoms with Gasteiger partial charge < -0.3 is 23.4 Å². The fourth-order valence-electron chi connectivity index (χ4n) is 2.13. The largest absolute Gasteiger partial charge is 0.436 e. The molecule has 6 nitrogen and oxygen atoms in total. The van der Waals surface area contributed by atoms with Crippen LogP contribution in [0.25, 0.3) is 0 Å². The number of carbonyl (C=O) groups excluding carboxylic acids is 1. The first-order valence-electron chi connectivity index (χ1n) is 8.05. The van der Waals surface area contributed by atoms with E-state index < -0.39 is 32.3 Å². The van der Waals surface area contributed by atoms with Crippen LogP contribution in [0.2, 0.25) is 18.1 Å². The molecule has 1 aliphatic heterocycles. The van der Waals surface area contributed by atoms with Gasteiger partial charge >= 0.3 is 5.97 Å². The van der Waals surface area contributed by atoms with Crippen molar-refractivity contribution in [3.63, 3.8) is 0 Å². The van der Waals surface area contributed by atoms with Gasteiger partial charge in [-0.1, -0.05) is 26.7 Å². The van der Waals surface area contributed by atoms with Crippen LogP contribution in [-0.4, -0.2) is 52.8 Å². The van der Waals surface area contributed by atoms with Crippen molar-refractivity contribution in [3.05, 3.63) is 0 Å². The average molecular weight is 359 g/mol. The maximum absolute atomic E-state index is 11.2. The van der Waals surface area contributed by atoms with Gasteiger partial charge in [0.05, 0.1) is 6.61 Å². The minimum atomic E-state index is -2.02. The molecule has 0 aromatic rings. The zero-order chi connectivity index (χ0) is 18.6. The van der Waals surface area contributed by atoms with E-state index in [1.165, 1.54) is 14.0 Å². The van der Waals surface area contributed by atoms with Crippen LogP contribution in [0.4, 0.5) is 0 Å². The average Bonchev–Trinajstić information content (AvgIpc) is 2.79. The third kappa shape index (κ3) is 5.04. The molecule has 0 aromatic heterocycles. The summed E-state index contributed by atoms with van der Waals surface area (Å²) in [5, 5.41) is 0.0412. The zero-order valence-electron chi connectivity index (χ0n) is 15.8. The summed E-state index contributed by atoms with van der Waals surface area (Å²) in [5.74, 6) is 2.24. The number of ether oxygens (including phenoxy) is 4. The number of esters is 1. The Balaban J connectivity index is 2.93. The number of hydrogen-bond acceptors (Lipinski definition) is 6. The molecule has 2 unspecified atom stereocenters. The molecule has 0 N–H and O–H groups in total. The van der Waals surface area contributed by atoms with Crippen molar-refractivity contribution in [2.75, 3.05) is 20.5 Å². The van der Waals surface area contributed by atoms with Gasteiger partial charge in [-0.2, -0.15) is 0 Å². The van der Waals surface area contributed by atoms with Gasteiger partial charge in [-0.15, -0.1) is 6.42 Å². The lowest BCUT2D eigenvalue weighted by Crippen LogP contribution is -2.50. The Bertz CT molecular complexity index is 478. The van der Waals surface area contributed by atoms with Crippen molar-refractivity contribution < 1.29 is 28.2 Å². The van der Waals surface area contributed by atoms with Crippen LogP contribution in [0, 0.1) is 12.3 Å². The summed E-state index contributed by atoms with van der Waals surface area (Å²) >= 11 is 0. The molecule has 138 valence electrons. The van der Waals surface area contributed by atoms with Crippen LogP contribution in [0.3, 0.4) is 0 Å². The first kappa shape index (κ1) is 21.1. The molecule has 1 saturated heterocycles. The Morgan fingerprint density at radius 2 is 2.04 bits per heavy atom. The predicted octanol–water partition coefficient (Wildman–Crippen LogP) is 2.68. The Kier molecular flexibility index (Phi) is 7.02.